The van der Waals surface area contributed by atoms with Crippen LogP contribution in [0, 0.1) is 5.92 Å². The lowest BCUT2D eigenvalue weighted by atomic mass is 9.84. The van der Waals surface area contributed by atoms with Crippen LogP contribution in [-0.4, -0.2) is 43.8 Å². The third-order valence-corrected chi connectivity index (χ3v) is 5.04. The first-order valence-corrected chi connectivity index (χ1v) is 8.99. The Morgan fingerprint density at radius 3 is 2.88 bits per heavy atom. The Bertz CT molecular complexity index is 585. The Morgan fingerprint density at radius 1 is 1.33 bits per heavy atom. The fourth-order valence-corrected chi connectivity index (χ4v) is 3.36. The van der Waals surface area contributed by atoms with E-state index in [0.29, 0.717) is 19.1 Å². The second kappa shape index (κ2) is 7.24. The summed E-state index contributed by atoms with van der Waals surface area (Å²) in [7, 11) is 0. The van der Waals surface area contributed by atoms with Crippen molar-refractivity contribution in [3.05, 3.63) is 34.9 Å². The summed E-state index contributed by atoms with van der Waals surface area (Å²) in [6.07, 6.45) is 1.98. The lowest BCUT2D eigenvalue weighted by Gasteiger charge is -2.30. The van der Waals surface area contributed by atoms with Crippen LogP contribution in [0.25, 0.3) is 0 Å². The molecule has 1 atom stereocenters. The Balaban J connectivity index is 1.56. The molecule has 4 heteroatoms. The van der Waals surface area contributed by atoms with E-state index in [0.717, 1.165) is 32.6 Å². The molecule has 0 unspecified atom stereocenters. The number of hydrogen-bond donors (Lipinski definition) is 0. The molecule has 1 aromatic carbocycles. The van der Waals surface area contributed by atoms with Crippen LogP contribution in [0.4, 0.5) is 0 Å². The predicted octanol–water partition coefficient (Wildman–Crippen LogP) is 2.92. The van der Waals surface area contributed by atoms with E-state index >= 15 is 0 Å². The molecule has 1 aromatic rings. The monoisotopic (exact) mass is 331 g/mol. The van der Waals surface area contributed by atoms with Crippen molar-refractivity contribution in [2.24, 2.45) is 5.92 Å². The lowest BCUT2D eigenvalue weighted by molar-refractivity contribution is -0.137. The third kappa shape index (κ3) is 4.17. The molecule has 1 saturated heterocycles. The molecular weight excluding hydrogens is 302 g/mol. The van der Waals surface area contributed by atoms with Gasteiger partial charge >= 0.3 is 0 Å². The van der Waals surface area contributed by atoms with Gasteiger partial charge in [-0.25, -0.2) is 0 Å². The van der Waals surface area contributed by atoms with Gasteiger partial charge < -0.3 is 14.4 Å². The molecule has 0 bridgehead atoms. The predicted molar refractivity (Wildman–Crippen MR) is 94.0 cm³/mol. The van der Waals surface area contributed by atoms with E-state index in [9.17, 15) is 4.79 Å². The van der Waals surface area contributed by atoms with Gasteiger partial charge in [-0.15, -0.1) is 0 Å². The van der Waals surface area contributed by atoms with Crippen molar-refractivity contribution in [3.8, 4) is 0 Å². The molecule has 0 N–H and O–H groups in total. The normalized spacial score (nSPS) is 21.0. The van der Waals surface area contributed by atoms with Gasteiger partial charge in [0.25, 0.3) is 0 Å². The van der Waals surface area contributed by atoms with Crippen molar-refractivity contribution in [2.75, 3.05) is 33.0 Å². The summed E-state index contributed by atoms with van der Waals surface area (Å²) < 4.78 is 11.0. The molecule has 4 nitrogen and oxygen atoms in total. The highest BCUT2D eigenvalue weighted by atomic mass is 16.5. The number of fused-ring (bicyclic) bond motifs is 1. The zero-order valence-corrected chi connectivity index (χ0v) is 15.1. The fraction of sp³-hybridized carbons (Fsp3) is 0.650. The topological polar surface area (TPSA) is 38.8 Å². The average Bonchev–Trinajstić information content (AvgIpc) is 3.06. The van der Waals surface area contributed by atoms with E-state index in [4.69, 9.17) is 9.47 Å². The Hall–Kier alpha value is -1.39. The van der Waals surface area contributed by atoms with Gasteiger partial charge in [0.1, 0.15) is 6.61 Å². The first-order valence-electron chi connectivity index (χ1n) is 8.99. The molecule has 2 heterocycles. The van der Waals surface area contributed by atoms with Crippen molar-refractivity contribution < 1.29 is 14.3 Å². The molecule has 2 aliphatic rings. The SMILES string of the molecule is CC(C)(C)c1ccc2c(c1)CN(C(=O)COC[C@H]1CCOC1)CC2. The van der Waals surface area contributed by atoms with Gasteiger partial charge in [0.15, 0.2) is 0 Å². The molecule has 0 aromatic heterocycles. The number of ether oxygens (including phenoxy) is 2. The zero-order valence-electron chi connectivity index (χ0n) is 15.1. The number of rotatable bonds is 4. The Labute approximate surface area is 145 Å². The molecule has 132 valence electrons. The van der Waals surface area contributed by atoms with Gasteiger partial charge in [-0.2, -0.15) is 0 Å². The molecule has 0 saturated carbocycles. The maximum atomic E-state index is 12.4. The van der Waals surface area contributed by atoms with Crippen molar-refractivity contribution in [2.45, 2.75) is 45.6 Å². The summed E-state index contributed by atoms with van der Waals surface area (Å²) in [6, 6.07) is 6.73. The highest BCUT2D eigenvalue weighted by Crippen LogP contribution is 2.27. The van der Waals surface area contributed by atoms with Crippen LogP contribution < -0.4 is 0 Å². The van der Waals surface area contributed by atoms with Crippen molar-refractivity contribution in [1.29, 1.82) is 0 Å². The molecule has 1 fully saturated rings. The standard InChI is InChI=1S/C20H29NO3/c1-20(2,3)18-5-4-16-6-8-21(11-17(16)10-18)19(22)14-24-13-15-7-9-23-12-15/h4-5,10,15H,6-9,11-14H2,1-3H3/t15-/m0/s1. The average molecular weight is 331 g/mol. The minimum Gasteiger partial charge on any atom is -0.381 e. The van der Waals surface area contributed by atoms with Crippen LogP contribution in [0.15, 0.2) is 18.2 Å². The van der Waals surface area contributed by atoms with E-state index < -0.39 is 0 Å². The van der Waals surface area contributed by atoms with Crippen molar-refractivity contribution >= 4 is 5.91 Å². The number of nitrogens with zero attached hydrogens (tertiary/aromatic N) is 1. The summed E-state index contributed by atoms with van der Waals surface area (Å²) >= 11 is 0. The molecule has 0 spiro atoms. The van der Waals surface area contributed by atoms with E-state index in [-0.39, 0.29) is 17.9 Å². The summed E-state index contributed by atoms with van der Waals surface area (Å²) in [5.74, 6) is 0.551. The molecule has 0 radical (unpaired) electrons. The van der Waals surface area contributed by atoms with Crippen molar-refractivity contribution in [3.63, 3.8) is 0 Å². The largest absolute Gasteiger partial charge is 0.381 e. The minimum atomic E-state index is 0.0979. The van der Waals surface area contributed by atoms with E-state index in [1.54, 1.807) is 0 Å². The summed E-state index contributed by atoms with van der Waals surface area (Å²) in [5, 5.41) is 0. The van der Waals surface area contributed by atoms with Gasteiger partial charge in [0, 0.05) is 25.6 Å². The van der Waals surface area contributed by atoms with Crippen LogP contribution in [-0.2, 0) is 32.6 Å². The van der Waals surface area contributed by atoms with E-state index in [1.807, 2.05) is 4.90 Å². The summed E-state index contributed by atoms with van der Waals surface area (Å²) in [4.78, 5) is 14.4. The second-order valence-corrected chi connectivity index (χ2v) is 8.04. The molecule has 0 aliphatic carbocycles. The van der Waals surface area contributed by atoms with Crippen LogP contribution in [0.1, 0.15) is 43.9 Å². The second-order valence-electron chi connectivity index (χ2n) is 8.04. The maximum Gasteiger partial charge on any atom is 0.248 e. The number of carbonyl (C=O) groups is 1. The summed E-state index contributed by atoms with van der Waals surface area (Å²) in [6.45, 7) is 10.6. The van der Waals surface area contributed by atoms with Gasteiger partial charge in [-0.1, -0.05) is 39.0 Å². The van der Waals surface area contributed by atoms with Crippen LogP contribution in [0.5, 0.6) is 0 Å². The first-order chi connectivity index (χ1) is 11.4. The highest BCUT2D eigenvalue weighted by molar-refractivity contribution is 5.77. The zero-order chi connectivity index (χ0) is 17.2. The lowest BCUT2D eigenvalue weighted by Crippen LogP contribution is -2.38. The highest BCUT2D eigenvalue weighted by Gasteiger charge is 2.23. The molecule has 3 rings (SSSR count). The van der Waals surface area contributed by atoms with Crippen LogP contribution in [0.3, 0.4) is 0 Å². The van der Waals surface area contributed by atoms with Crippen LogP contribution in [0.2, 0.25) is 0 Å². The Kier molecular flexibility index (Phi) is 5.26. The van der Waals surface area contributed by atoms with Gasteiger partial charge in [0.05, 0.1) is 13.2 Å². The first kappa shape index (κ1) is 17.4. The smallest absolute Gasteiger partial charge is 0.248 e. The van der Waals surface area contributed by atoms with Gasteiger partial charge in [-0.05, 0) is 34.9 Å². The molecular formula is C20H29NO3. The van der Waals surface area contributed by atoms with Gasteiger partial charge in [-0.3, -0.25) is 4.79 Å². The third-order valence-electron chi connectivity index (χ3n) is 5.04. The number of hydrogen-bond acceptors (Lipinski definition) is 3. The Morgan fingerprint density at radius 2 is 2.17 bits per heavy atom. The van der Waals surface area contributed by atoms with Crippen LogP contribution >= 0.6 is 0 Å². The number of carbonyl (C=O) groups excluding carboxylic acids is 1. The van der Waals surface area contributed by atoms with E-state index in [2.05, 4.69) is 39.0 Å². The maximum absolute atomic E-state index is 12.4. The fourth-order valence-electron chi connectivity index (χ4n) is 3.36. The molecule has 1 amide bonds. The van der Waals surface area contributed by atoms with Crippen molar-refractivity contribution in [1.82, 2.24) is 4.90 Å². The number of amides is 1. The molecule has 24 heavy (non-hydrogen) atoms. The quantitative estimate of drug-likeness (QED) is 0.851. The molecule has 2 aliphatic heterocycles. The van der Waals surface area contributed by atoms with Gasteiger partial charge in [0.2, 0.25) is 5.91 Å². The minimum absolute atomic E-state index is 0.0979. The number of benzene rings is 1. The summed E-state index contributed by atoms with van der Waals surface area (Å²) in [5.41, 5.74) is 4.11. The van der Waals surface area contributed by atoms with E-state index in [1.165, 1.54) is 16.7 Å².